The van der Waals surface area contributed by atoms with Gasteiger partial charge in [0, 0.05) is 38.9 Å². The molecular formula is C30H24Cl2N18O8S2. The first-order chi connectivity index (χ1) is 29.9. The van der Waals surface area contributed by atoms with Crippen LogP contribution in [0.25, 0.3) is 0 Å². The van der Waals surface area contributed by atoms with Gasteiger partial charge in [-0.25, -0.2) is 9.59 Å². The Morgan fingerprint density at radius 3 is 1.58 bits per heavy atom. The number of carbonyl (C=O) groups is 4. The van der Waals surface area contributed by atoms with Crippen molar-refractivity contribution in [2.24, 2.45) is 0 Å². The minimum absolute atomic E-state index is 0.00405. The number of aromatic nitrogens is 14. The molecule has 6 rings (SSSR count). The monoisotopic (exact) mass is 900 g/mol. The molecule has 60 heavy (non-hydrogen) atoms. The van der Waals surface area contributed by atoms with E-state index in [-0.39, 0.29) is 79.3 Å². The van der Waals surface area contributed by atoms with Crippen LogP contribution in [0, 0.1) is 0 Å². The number of carbonyl (C=O) groups excluding carboxylic acids is 4. The molecule has 0 aliphatic carbocycles. The molecule has 0 fully saturated rings. The lowest BCUT2D eigenvalue weighted by Crippen LogP contribution is -2.17. The SMILES string of the molecule is [2H]Nc1nc(Cl)nc(OC(=O)CSc2nc(Cl)nc(NC)n2)n1.[2H]Nc1nc(OC(=O)CSc2nc(NC)nc(OC(=O)c3cccnc3)n2)nc(OC(=O)c2cccnc2)n1. The molecule has 6 aromatic rings. The lowest BCUT2D eigenvalue weighted by molar-refractivity contribution is -0.132. The Hall–Kier alpha value is -7.30. The van der Waals surface area contributed by atoms with E-state index >= 15 is 0 Å². The largest absolute Gasteiger partial charge is 0.390 e. The van der Waals surface area contributed by atoms with E-state index < -0.39 is 35.9 Å². The molecular weight excluding hydrogens is 875 g/mol. The molecule has 0 aromatic carbocycles. The van der Waals surface area contributed by atoms with Crippen LogP contribution in [-0.2, 0) is 9.59 Å². The molecule has 6 aromatic heterocycles. The van der Waals surface area contributed by atoms with Gasteiger partial charge in [-0.1, -0.05) is 23.5 Å². The average molecular weight is 902 g/mol. The molecule has 0 bridgehead atoms. The number of nitrogens with zero attached hydrogens (tertiary/aromatic N) is 14. The van der Waals surface area contributed by atoms with Crippen molar-refractivity contribution in [1.29, 1.82) is 0 Å². The first-order valence-corrected chi connectivity index (χ1v) is 18.6. The lowest BCUT2D eigenvalue weighted by atomic mass is 10.3. The predicted molar refractivity (Wildman–Crippen MR) is 208 cm³/mol. The van der Waals surface area contributed by atoms with E-state index in [4.69, 9.17) is 45.0 Å². The summed E-state index contributed by atoms with van der Waals surface area (Å²) in [6.07, 6.45) is 5.58. The maximum absolute atomic E-state index is 12.4. The third-order valence-corrected chi connectivity index (χ3v) is 8.00. The highest BCUT2D eigenvalue weighted by Gasteiger charge is 2.19. The van der Waals surface area contributed by atoms with E-state index in [2.05, 4.69) is 80.4 Å². The van der Waals surface area contributed by atoms with Gasteiger partial charge >= 0.3 is 47.9 Å². The average Bonchev–Trinajstić information content (AvgIpc) is 3.27. The van der Waals surface area contributed by atoms with Crippen LogP contribution >= 0.6 is 46.7 Å². The Morgan fingerprint density at radius 2 is 1.07 bits per heavy atom. The second-order valence-electron chi connectivity index (χ2n) is 10.2. The number of rotatable bonds is 16. The molecule has 0 amide bonds. The lowest BCUT2D eigenvalue weighted by Gasteiger charge is -2.07. The Labute approximate surface area is 356 Å². The van der Waals surface area contributed by atoms with Crippen LogP contribution < -0.4 is 41.0 Å². The van der Waals surface area contributed by atoms with Crippen LogP contribution in [0.4, 0.5) is 23.8 Å². The zero-order valence-corrected chi connectivity index (χ0v) is 33.3. The van der Waals surface area contributed by atoms with Crippen molar-refractivity contribution in [3.05, 3.63) is 70.7 Å². The van der Waals surface area contributed by atoms with Crippen molar-refractivity contribution in [3.63, 3.8) is 0 Å². The highest BCUT2D eigenvalue weighted by atomic mass is 35.5. The smallest absolute Gasteiger partial charge is 0.347 e. The van der Waals surface area contributed by atoms with Crippen LogP contribution in [-0.4, -0.2) is 119 Å². The maximum atomic E-state index is 12.4. The summed E-state index contributed by atoms with van der Waals surface area (Å²) in [5.41, 5.74) is 4.13. The normalized spacial score (nSPS) is 10.7. The molecule has 0 saturated carbocycles. The quantitative estimate of drug-likeness (QED) is 0.0785. The second-order valence-corrected chi connectivity index (χ2v) is 12.7. The number of anilines is 4. The summed E-state index contributed by atoms with van der Waals surface area (Å²) in [4.78, 5) is 102. The summed E-state index contributed by atoms with van der Waals surface area (Å²) in [7, 11) is 3.17. The van der Waals surface area contributed by atoms with Gasteiger partial charge in [0.05, 0.1) is 22.6 Å². The third-order valence-electron chi connectivity index (χ3n) is 6.02. The summed E-state index contributed by atoms with van der Waals surface area (Å²) >= 11 is 13.2. The molecule has 0 aliphatic heterocycles. The molecule has 6 heterocycles. The van der Waals surface area contributed by atoms with Gasteiger partial charge in [-0.2, -0.15) is 54.8 Å². The van der Waals surface area contributed by atoms with Crippen LogP contribution in [0.1, 0.15) is 20.7 Å². The fourth-order valence-electron chi connectivity index (χ4n) is 3.64. The van der Waals surface area contributed by atoms with Gasteiger partial charge in [0.25, 0.3) is 0 Å². The highest BCUT2D eigenvalue weighted by molar-refractivity contribution is 8.00. The molecule has 6 N–H and O–H groups in total. The predicted octanol–water partition coefficient (Wildman–Crippen LogP) is 1.29. The van der Waals surface area contributed by atoms with E-state index in [1.807, 2.05) is 11.5 Å². The van der Waals surface area contributed by atoms with Gasteiger partial charge in [-0.15, -0.1) is 4.98 Å². The van der Waals surface area contributed by atoms with Crippen molar-refractivity contribution < 1.29 is 40.9 Å². The first-order valence-electron chi connectivity index (χ1n) is 16.9. The highest BCUT2D eigenvalue weighted by Crippen LogP contribution is 2.21. The number of ether oxygens (including phenoxy) is 4. The number of thioether (sulfide) groups is 2. The Kier molecular flexibility index (Phi) is 14.6. The van der Waals surface area contributed by atoms with E-state index in [1.54, 1.807) is 20.2 Å². The molecule has 0 radical (unpaired) electrons. The molecule has 26 nitrogen and oxygen atoms in total. The molecule has 0 atom stereocenters. The zero-order valence-electron chi connectivity index (χ0n) is 32.1. The Morgan fingerprint density at radius 1 is 0.600 bits per heavy atom. The molecule has 0 spiro atoms. The number of halogens is 2. The number of pyridine rings is 2. The van der Waals surface area contributed by atoms with Gasteiger partial charge in [-0.05, 0) is 47.5 Å². The van der Waals surface area contributed by atoms with Crippen LogP contribution in [0.15, 0.2) is 59.4 Å². The molecule has 30 heteroatoms. The second kappa shape index (κ2) is 21.5. The van der Waals surface area contributed by atoms with Crippen molar-refractivity contribution in [2.45, 2.75) is 10.3 Å². The van der Waals surface area contributed by atoms with Crippen molar-refractivity contribution in [3.8, 4) is 24.0 Å². The summed E-state index contributed by atoms with van der Waals surface area (Å²) < 4.78 is 34.4. The Balaban J connectivity index is 0.000000269. The Bertz CT molecular complexity index is 2540. The number of esters is 4. The van der Waals surface area contributed by atoms with E-state index in [0.717, 1.165) is 23.5 Å². The van der Waals surface area contributed by atoms with E-state index in [0.29, 0.717) is 0 Å². The minimum Gasteiger partial charge on any atom is -0.390 e. The summed E-state index contributed by atoms with van der Waals surface area (Å²) in [6, 6.07) is 4.40. The summed E-state index contributed by atoms with van der Waals surface area (Å²) in [5.74, 6) is -3.67. The number of nitrogens with one attached hydrogen (secondary N) is 2. The molecule has 308 valence electrons. The number of nitrogen functional groups attached to an aromatic ring is 2. The summed E-state index contributed by atoms with van der Waals surface area (Å²) in [6.45, 7) is 0. The number of hydrogen-bond donors (Lipinski definition) is 4. The topological polar surface area (TPSA) is 362 Å². The first kappa shape index (κ1) is 40.9. The molecule has 0 unspecified atom stereocenters. The summed E-state index contributed by atoms with van der Waals surface area (Å²) in [5, 5.41) is 5.48. The number of nitrogens with two attached hydrogens (primary N) is 2. The fraction of sp³-hybridized carbons (Fsp3) is 0.133. The number of hydrogen-bond acceptors (Lipinski definition) is 28. The van der Waals surface area contributed by atoms with Crippen LogP contribution in [0.2, 0.25) is 13.4 Å². The van der Waals surface area contributed by atoms with Gasteiger partial charge in [0.15, 0.2) is 13.1 Å². The van der Waals surface area contributed by atoms with Gasteiger partial charge < -0.3 is 41.0 Å². The van der Waals surface area contributed by atoms with Crippen molar-refractivity contribution >= 4 is 94.4 Å². The van der Waals surface area contributed by atoms with E-state index in [1.165, 1.54) is 43.0 Å². The molecule has 0 aliphatic rings. The zero-order chi connectivity index (χ0) is 44.4. The van der Waals surface area contributed by atoms with Crippen LogP contribution in [0.5, 0.6) is 24.0 Å². The molecule has 0 saturated heterocycles. The third kappa shape index (κ3) is 14.0. The maximum Gasteiger partial charge on any atom is 0.347 e. The fourth-order valence-corrected chi connectivity index (χ4v) is 5.21. The van der Waals surface area contributed by atoms with Gasteiger partial charge in [0.2, 0.25) is 34.4 Å². The van der Waals surface area contributed by atoms with Gasteiger partial charge in [0.1, 0.15) is 0 Å². The standard InChI is InChI=1S/C21H16N10O6S.C9H8Cl2N8O2S/c1-23-17-28-20(37-15(34)12-5-3-7-25-9-12)31-21(29-17)38-10-13(32)35-18-26-16(22)27-19(30-18)36-14(33)11-4-2-6-24-8-11;1-13-7-15-5(11)17-9(19-7)22-2-3(20)21-8-16-4(10)14-6(12)18-8/h2-9H,10H2,1H3,(H2,22,26,27,30)(H,23,28,29,31);2H2,1H3,(H2,12,14,16,18)(H,13,15,17,19)/i/hD2. The van der Waals surface area contributed by atoms with Gasteiger partial charge in [-0.3, -0.25) is 19.6 Å². The van der Waals surface area contributed by atoms with Crippen molar-refractivity contribution in [1.82, 2.24) is 69.8 Å². The van der Waals surface area contributed by atoms with Crippen LogP contribution in [0.3, 0.4) is 0 Å². The van der Waals surface area contributed by atoms with Crippen molar-refractivity contribution in [2.75, 3.05) is 47.7 Å². The van der Waals surface area contributed by atoms with E-state index in [9.17, 15) is 19.2 Å². The minimum atomic E-state index is -0.841.